The van der Waals surface area contributed by atoms with Crippen molar-refractivity contribution in [2.75, 3.05) is 13.0 Å². The molecule has 0 radical (unpaired) electrons. The van der Waals surface area contributed by atoms with E-state index in [9.17, 15) is 4.79 Å². The van der Waals surface area contributed by atoms with E-state index in [1.807, 2.05) is 0 Å². The summed E-state index contributed by atoms with van der Waals surface area (Å²) < 4.78 is 4.60. The highest BCUT2D eigenvalue weighted by molar-refractivity contribution is 7.32. The molecule has 0 spiro atoms. The number of carboxylic acid groups (broad SMARTS) is 1. The molecule has 66 valence electrons. The van der Waals surface area contributed by atoms with Crippen LogP contribution in [0.3, 0.4) is 0 Å². The first-order valence-electron chi connectivity index (χ1n) is 3.12. The summed E-state index contributed by atoms with van der Waals surface area (Å²) in [5, 5.41) is 16.5. The van der Waals surface area contributed by atoms with Crippen molar-refractivity contribution in [2.24, 2.45) is 5.73 Å². The van der Waals surface area contributed by atoms with Crippen molar-refractivity contribution in [3.63, 3.8) is 0 Å². The normalized spacial score (nSPS) is 14.0. The highest BCUT2D eigenvalue weighted by Crippen LogP contribution is 2.12. The van der Waals surface area contributed by atoms with Gasteiger partial charge in [0.2, 0.25) is 0 Å². The molecule has 0 aromatic heterocycles. The minimum Gasteiger partial charge on any atom is -0.480 e. The molecule has 5 nitrogen and oxygen atoms in total. The van der Waals surface area contributed by atoms with Crippen LogP contribution < -0.4 is 5.73 Å². The molecule has 0 bridgehead atoms. The van der Waals surface area contributed by atoms with Gasteiger partial charge in [0, 0.05) is 8.81 Å². The Labute approximate surface area is 66.4 Å². The molecule has 0 aliphatic carbocycles. The van der Waals surface area contributed by atoms with Crippen LogP contribution in [-0.2, 0) is 9.32 Å². The van der Waals surface area contributed by atoms with Crippen LogP contribution >= 0.6 is 8.81 Å². The van der Waals surface area contributed by atoms with E-state index in [1.165, 1.54) is 0 Å². The number of rotatable bonds is 6. The fraction of sp³-hybridized carbons (Fsp3) is 0.800. The molecule has 0 rings (SSSR count). The van der Waals surface area contributed by atoms with Gasteiger partial charge in [0.1, 0.15) is 12.8 Å². The molecule has 0 aromatic rings. The summed E-state index contributed by atoms with van der Waals surface area (Å²) in [5.41, 5.74) is 5.19. The number of hydrogen-bond donors (Lipinski definition) is 3. The lowest BCUT2D eigenvalue weighted by Crippen LogP contribution is -2.30. The van der Waals surface area contributed by atoms with E-state index < -0.39 is 12.0 Å². The zero-order chi connectivity index (χ0) is 8.69. The number of aliphatic hydroxyl groups is 1. The van der Waals surface area contributed by atoms with Crippen molar-refractivity contribution in [3.05, 3.63) is 0 Å². The number of aliphatic hydroxyl groups excluding tert-OH is 1. The summed E-state index contributed by atoms with van der Waals surface area (Å²) in [7, 11) is 0.124. The fourth-order valence-electron chi connectivity index (χ4n) is 0.456. The molecule has 11 heavy (non-hydrogen) atoms. The minimum absolute atomic E-state index is 0.124. The van der Waals surface area contributed by atoms with Gasteiger partial charge in [-0.05, 0) is 12.6 Å². The molecule has 4 N–H and O–H groups in total. The highest BCUT2D eigenvalue weighted by atomic mass is 31.1. The quantitative estimate of drug-likeness (QED) is 0.287. The summed E-state index contributed by atoms with van der Waals surface area (Å²) in [5.74, 6) is -1.00. The number of nitrogens with two attached hydrogens (primary N) is 1. The predicted molar refractivity (Wildman–Crippen MR) is 41.6 cm³/mol. The van der Waals surface area contributed by atoms with Crippen LogP contribution in [0, 0.1) is 0 Å². The Kier molecular flexibility index (Phi) is 6.36. The number of hydrogen-bond acceptors (Lipinski definition) is 4. The minimum atomic E-state index is -1.00. The van der Waals surface area contributed by atoms with E-state index >= 15 is 0 Å². The van der Waals surface area contributed by atoms with Gasteiger partial charge >= 0.3 is 5.97 Å². The smallest absolute Gasteiger partial charge is 0.320 e. The van der Waals surface area contributed by atoms with E-state index in [0.29, 0.717) is 12.6 Å². The summed E-state index contributed by atoms with van der Waals surface area (Å²) in [6.07, 6.45) is 0.960. The van der Waals surface area contributed by atoms with Gasteiger partial charge < -0.3 is 20.5 Å². The lowest BCUT2D eigenvalue weighted by atomic mass is 10.2. The first-order chi connectivity index (χ1) is 5.18. The second-order valence-electron chi connectivity index (χ2n) is 1.90. The Bertz CT molecular complexity index is 121. The van der Waals surface area contributed by atoms with Crippen molar-refractivity contribution < 1.29 is 19.5 Å². The standard InChI is InChI=1S/C5H12NO4P/c6-4(5(8)9)1-2-11-10-3-7/h4,7,11H,1-3,6H2,(H,8,9). The van der Waals surface area contributed by atoms with Gasteiger partial charge in [-0.15, -0.1) is 0 Å². The summed E-state index contributed by atoms with van der Waals surface area (Å²) in [4.78, 5) is 10.2. The Morgan fingerprint density at radius 1 is 1.73 bits per heavy atom. The molecule has 6 heteroatoms. The monoisotopic (exact) mass is 181 g/mol. The maximum atomic E-state index is 10.2. The molecule has 0 saturated heterocycles. The fourth-order valence-corrected chi connectivity index (χ4v) is 1.12. The average Bonchev–Trinajstić information content (AvgIpc) is 1.97. The number of carbonyl (C=O) groups is 1. The van der Waals surface area contributed by atoms with Crippen molar-refractivity contribution in [2.45, 2.75) is 12.5 Å². The van der Waals surface area contributed by atoms with Crippen LogP contribution in [-0.4, -0.2) is 35.2 Å². The third-order valence-electron chi connectivity index (χ3n) is 1.04. The second kappa shape index (κ2) is 6.49. The van der Waals surface area contributed by atoms with Crippen LogP contribution in [0.15, 0.2) is 0 Å². The van der Waals surface area contributed by atoms with E-state index in [-0.39, 0.29) is 15.6 Å². The van der Waals surface area contributed by atoms with Gasteiger partial charge in [0.25, 0.3) is 0 Å². The Morgan fingerprint density at radius 3 is 2.82 bits per heavy atom. The van der Waals surface area contributed by atoms with Gasteiger partial charge in [-0.2, -0.15) is 0 Å². The summed E-state index contributed by atoms with van der Waals surface area (Å²) in [6, 6.07) is -0.815. The number of aliphatic carboxylic acids is 1. The Balaban J connectivity index is 3.17. The van der Waals surface area contributed by atoms with Crippen molar-refractivity contribution in [1.29, 1.82) is 0 Å². The van der Waals surface area contributed by atoms with Crippen LogP contribution in [0.2, 0.25) is 0 Å². The molecule has 0 aliphatic rings. The molecule has 0 fully saturated rings. The van der Waals surface area contributed by atoms with E-state index in [1.54, 1.807) is 0 Å². The zero-order valence-corrected chi connectivity index (χ0v) is 6.99. The van der Waals surface area contributed by atoms with Gasteiger partial charge in [0.15, 0.2) is 0 Å². The van der Waals surface area contributed by atoms with Crippen LogP contribution in [0.25, 0.3) is 0 Å². The van der Waals surface area contributed by atoms with Gasteiger partial charge in [-0.1, -0.05) is 0 Å². The maximum absolute atomic E-state index is 10.2. The third kappa shape index (κ3) is 6.19. The van der Waals surface area contributed by atoms with Crippen LogP contribution in [0.5, 0.6) is 0 Å². The first kappa shape index (κ1) is 10.8. The van der Waals surface area contributed by atoms with E-state index in [0.717, 1.165) is 0 Å². The lowest BCUT2D eigenvalue weighted by Gasteiger charge is -2.04. The van der Waals surface area contributed by atoms with Gasteiger partial charge in [0.05, 0.1) is 0 Å². The first-order valence-corrected chi connectivity index (χ1v) is 4.24. The number of carboxylic acids is 1. The summed E-state index contributed by atoms with van der Waals surface area (Å²) >= 11 is 0. The molecule has 0 amide bonds. The van der Waals surface area contributed by atoms with E-state index in [2.05, 4.69) is 4.52 Å². The van der Waals surface area contributed by atoms with Gasteiger partial charge in [-0.3, -0.25) is 4.79 Å². The topological polar surface area (TPSA) is 92.8 Å². The molecule has 2 unspecified atom stereocenters. The van der Waals surface area contributed by atoms with Crippen molar-refractivity contribution in [3.8, 4) is 0 Å². The predicted octanol–water partition coefficient (Wildman–Crippen LogP) is -0.652. The maximum Gasteiger partial charge on any atom is 0.320 e. The van der Waals surface area contributed by atoms with Crippen molar-refractivity contribution >= 4 is 14.8 Å². The molecule has 0 aromatic carbocycles. The van der Waals surface area contributed by atoms with Crippen LogP contribution in [0.1, 0.15) is 6.42 Å². The Morgan fingerprint density at radius 2 is 2.36 bits per heavy atom. The van der Waals surface area contributed by atoms with Crippen molar-refractivity contribution in [1.82, 2.24) is 0 Å². The molecule has 2 atom stereocenters. The molecule has 0 saturated carbocycles. The molecular formula is C5H12NO4P. The Hall–Kier alpha value is -0.220. The second-order valence-corrected chi connectivity index (χ2v) is 2.98. The largest absolute Gasteiger partial charge is 0.480 e. The molecular weight excluding hydrogens is 169 g/mol. The SMILES string of the molecule is NC(CCPOCO)C(=O)O. The summed E-state index contributed by atoms with van der Waals surface area (Å²) in [6.45, 7) is -0.319. The molecule has 0 heterocycles. The third-order valence-corrected chi connectivity index (χ3v) is 1.87. The zero-order valence-electron chi connectivity index (χ0n) is 5.99. The average molecular weight is 181 g/mol. The van der Waals surface area contributed by atoms with E-state index in [4.69, 9.17) is 15.9 Å². The van der Waals surface area contributed by atoms with Gasteiger partial charge in [-0.25, -0.2) is 0 Å². The highest BCUT2D eigenvalue weighted by Gasteiger charge is 2.09. The molecule has 0 aliphatic heterocycles. The lowest BCUT2D eigenvalue weighted by molar-refractivity contribution is -0.138. The van der Waals surface area contributed by atoms with Crippen LogP contribution in [0.4, 0.5) is 0 Å².